The first kappa shape index (κ1) is 16.7. The number of nitrogens with one attached hydrogen (secondary N) is 1. The number of terminal acetylenes is 1. The smallest absolute Gasteiger partial charge is 0.244 e. The Kier molecular flexibility index (Phi) is 6.73. The van der Waals surface area contributed by atoms with Gasteiger partial charge in [-0.05, 0) is 24.6 Å². The first-order valence-electron chi connectivity index (χ1n) is 6.80. The average molecular weight is 294 g/mol. The quantitative estimate of drug-likeness (QED) is 0.588. The van der Waals surface area contributed by atoms with Crippen LogP contribution in [0, 0.1) is 12.3 Å². The first-order valence-corrected chi connectivity index (χ1v) is 8.24. The predicted octanol–water partition coefficient (Wildman–Crippen LogP) is 1.83. The van der Waals surface area contributed by atoms with Crippen molar-refractivity contribution in [3.8, 4) is 12.3 Å². The topological polar surface area (TPSA) is 49.4 Å². The zero-order chi connectivity index (χ0) is 15.0. The molecule has 110 valence electrons. The number of hydrogen-bond acceptors (Lipinski definition) is 3. The third-order valence-corrected chi connectivity index (χ3v) is 4.97. The van der Waals surface area contributed by atoms with Gasteiger partial charge in [0.05, 0.1) is 11.4 Å². The summed E-state index contributed by atoms with van der Waals surface area (Å²) >= 11 is 0. The van der Waals surface area contributed by atoms with E-state index in [9.17, 15) is 8.42 Å². The van der Waals surface area contributed by atoms with Gasteiger partial charge in [0.25, 0.3) is 0 Å². The van der Waals surface area contributed by atoms with Crippen LogP contribution in [0.2, 0.25) is 0 Å². The van der Waals surface area contributed by atoms with Crippen molar-refractivity contribution in [2.24, 2.45) is 0 Å². The van der Waals surface area contributed by atoms with E-state index in [1.54, 1.807) is 19.1 Å². The highest BCUT2D eigenvalue weighted by molar-refractivity contribution is 7.89. The van der Waals surface area contributed by atoms with Crippen molar-refractivity contribution in [3.63, 3.8) is 0 Å². The van der Waals surface area contributed by atoms with E-state index in [0.717, 1.165) is 18.5 Å². The van der Waals surface area contributed by atoms with Crippen LogP contribution in [-0.4, -0.2) is 32.4 Å². The lowest BCUT2D eigenvalue weighted by Gasteiger charge is -2.20. The fourth-order valence-corrected chi connectivity index (χ4v) is 3.49. The molecule has 0 radical (unpaired) electrons. The van der Waals surface area contributed by atoms with Crippen LogP contribution in [0.15, 0.2) is 29.2 Å². The van der Waals surface area contributed by atoms with Crippen molar-refractivity contribution in [1.29, 1.82) is 0 Å². The number of hydrogen-bond donors (Lipinski definition) is 1. The van der Waals surface area contributed by atoms with Gasteiger partial charge in [-0.15, -0.1) is 6.42 Å². The maximum Gasteiger partial charge on any atom is 0.244 e. The number of benzene rings is 1. The molecule has 1 rings (SSSR count). The van der Waals surface area contributed by atoms with E-state index in [2.05, 4.69) is 18.2 Å². The molecular formula is C15H22N2O2S. The van der Waals surface area contributed by atoms with Gasteiger partial charge in [0, 0.05) is 13.1 Å². The Morgan fingerprint density at radius 3 is 2.60 bits per heavy atom. The molecule has 4 nitrogen and oxygen atoms in total. The number of rotatable bonds is 8. The third-order valence-electron chi connectivity index (χ3n) is 2.95. The molecule has 0 saturated heterocycles. The third kappa shape index (κ3) is 4.07. The maximum atomic E-state index is 12.6. The molecule has 0 atom stereocenters. The minimum Gasteiger partial charge on any atom is -0.313 e. The first-order chi connectivity index (χ1) is 9.57. The van der Waals surface area contributed by atoms with Gasteiger partial charge in [-0.2, -0.15) is 4.31 Å². The second-order valence-corrected chi connectivity index (χ2v) is 6.33. The summed E-state index contributed by atoms with van der Waals surface area (Å²) in [6, 6.07) is 7.05. The van der Waals surface area contributed by atoms with Crippen LogP contribution in [0.5, 0.6) is 0 Å². The molecule has 5 heteroatoms. The molecule has 0 amide bonds. The molecule has 0 spiro atoms. The highest BCUT2D eigenvalue weighted by atomic mass is 32.2. The van der Waals surface area contributed by atoms with Crippen molar-refractivity contribution < 1.29 is 8.42 Å². The molecule has 20 heavy (non-hydrogen) atoms. The van der Waals surface area contributed by atoms with E-state index in [1.807, 2.05) is 12.1 Å². The van der Waals surface area contributed by atoms with E-state index in [0.29, 0.717) is 18.0 Å². The summed E-state index contributed by atoms with van der Waals surface area (Å²) in [6.45, 7) is 5.71. The summed E-state index contributed by atoms with van der Waals surface area (Å²) in [5.41, 5.74) is 0.774. The molecule has 0 heterocycles. The van der Waals surface area contributed by atoms with Crippen LogP contribution in [0.1, 0.15) is 25.8 Å². The van der Waals surface area contributed by atoms with E-state index in [1.165, 1.54) is 4.31 Å². The Labute approximate surface area is 122 Å². The van der Waals surface area contributed by atoms with Gasteiger partial charge in [0.2, 0.25) is 10.0 Å². The normalized spacial score (nSPS) is 11.5. The minimum atomic E-state index is -3.53. The molecule has 1 N–H and O–H groups in total. The standard InChI is InChI=1S/C15H22N2O2S/c1-4-11-16-13-14-9-7-8-10-15(14)20(18,19)17(6-3)12-5-2/h2,7-10,16H,4,6,11-13H2,1,3H3. The van der Waals surface area contributed by atoms with Crippen molar-refractivity contribution in [2.75, 3.05) is 19.6 Å². The highest BCUT2D eigenvalue weighted by Gasteiger charge is 2.24. The zero-order valence-electron chi connectivity index (χ0n) is 12.1. The lowest BCUT2D eigenvalue weighted by Crippen LogP contribution is -2.32. The molecule has 0 aromatic heterocycles. The summed E-state index contributed by atoms with van der Waals surface area (Å²) in [4.78, 5) is 0.334. The summed E-state index contributed by atoms with van der Waals surface area (Å²) < 4.78 is 26.5. The minimum absolute atomic E-state index is 0.0928. The summed E-state index contributed by atoms with van der Waals surface area (Å²) in [6.07, 6.45) is 6.25. The Bertz CT molecular complexity index is 561. The average Bonchev–Trinajstić information content (AvgIpc) is 2.45. The van der Waals surface area contributed by atoms with Crippen LogP contribution >= 0.6 is 0 Å². The summed E-state index contributed by atoms with van der Waals surface area (Å²) in [5.74, 6) is 2.40. The van der Waals surface area contributed by atoms with Gasteiger partial charge >= 0.3 is 0 Å². The fraction of sp³-hybridized carbons (Fsp3) is 0.467. The molecule has 1 aromatic rings. The van der Waals surface area contributed by atoms with Gasteiger partial charge in [0.15, 0.2) is 0 Å². The van der Waals surface area contributed by atoms with Gasteiger partial charge in [0.1, 0.15) is 0 Å². The molecule has 0 aliphatic heterocycles. The van der Waals surface area contributed by atoms with Crippen LogP contribution in [0.25, 0.3) is 0 Å². The zero-order valence-corrected chi connectivity index (χ0v) is 12.9. The van der Waals surface area contributed by atoms with E-state index in [-0.39, 0.29) is 6.54 Å². The van der Waals surface area contributed by atoms with Gasteiger partial charge in [-0.25, -0.2) is 8.42 Å². The predicted molar refractivity (Wildman–Crippen MR) is 81.7 cm³/mol. The summed E-state index contributed by atoms with van der Waals surface area (Å²) in [7, 11) is -3.53. The van der Waals surface area contributed by atoms with Crippen molar-refractivity contribution in [1.82, 2.24) is 9.62 Å². The molecule has 0 unspecified atom stereocenters. The lowest BCUT2D eigenvalue weighted by atomic mass is 10.2. The Hall–Kier alpha value is -1.35. The van der Waals surface area contributed by atoms with E-state index >= 15 is 0 Å². The van der Waals surface area contributed by atoms with Crippen molar-refractivity contribution in [3.05, 3.63) is 29.8 Å². The van der Waals surface area contributed by atoms with E-state index < -0.39 is 10.0 Å². The van der Waals surface area contributed by atoms with Gasteiger partial charge in [-0.3, -0.25) is 0 Å². The molecule has 0 saturated carbocycles. The van der Waals surface area contributed by atoms with Gasteiger partial charge < -0.3 is 5.32 Å². The molecule has 1 aromatic carbocycles. The van der Waals surface area contributed by atoms with Crippen molar-refractivity contribution >= 4 is 10.0 Å². The van der Waals surface area contributed by atoms with Crippen LogP contribution in [-0.2, 0) is 16.6 Å². The van der Waals surface area contributed by atoms with Crippen molar-refractivity contribution in [2.45, 2.75) is 31.7 Å². The van der Waals surface area contributed by atoms with Crippen LogP contribution in [0.4, 0.5) is 0 Å². The fourth-order valence-electron chi connectivity index (χ4n) is 1.91. The van der Waals surface area contributed by atoms with Crippen LogP contribution < -0.4 is 5.32 Å². The lowest BCUT2D eigenvalue weighted by molar-refractivity contribution is 0.463. The monoisotopic (exact) mass is 294 g/mol. The Morgan fingerprint density at radius 1 is 1.30 bits per heavy atom. The van der Waals surface area contributed by atoms with E-state index in [4.69, 9.17) is 6.42 Å². The molecule has 0 aliphatic carbocycles. The second-order valence-electron chi connectivity index (χ2n) is 4.42. The Morgan fingerprint density at radius 2 is 2.00 bits per heavy atom. The highest BCUT2D eigenvalue weighted by Crippen LogP contribution is 2.19. The molecule has 0 fully saturated rings. The molecule has 0 aliphatic rings. The maximum absolute atomic E-state index is 12.6. The van der Waals surface area contributed by atoms with Crippen LogP contribution in [0.3, 0.4) is 0 Å². The largest absolute Gasteiger partial charge is 0.313 e. The second kappa shape index (κ2) is 8.05. The number of nitrogens with zero attached hydrogens (tertiary/aromatic N) is 1. The molecule has 0 bridgehead atoms. The number of sulfonamides is 1. The summed E-state index contributed by atoms with van der Waals surface area (Å²) in [5, 5.41) is 3.23. The Balaban J connectivity index is 3.08. The SMILES string of the molecule is C#CCN(CC)S(=O)(=O)c1ccccc1CNCCC. The van der Waals surface area contributed by atoms with Gasteiger partial charge in [-0.1, -0.05) is 38.0 Å². The molecular weight excluding hydrogens is 272 g/mol.